The van der Waals surface area contributed by atoms with E-state index in [9.17, 15) is 14.0 Å². The maximum Gasteiger partial charge on any atom is 0.339 e. The van der Waals surface area contributed by atoms with Gasteiger partial charge in [-0.25, -0.2) is 13.5 Å². The van der Waals surface area contributed by atoms with Crippen LogP contribution >= 0.6 is 12.8 Å². The summed E-state index contributed by atoms with van der Waals surface area (Å²) >= 11 is 4.00. The Balaban J connectivity index is 1.41. The third kappa shape index (κ3) is 4.19. The van der Waals surface area contributed by atoms with Crippen LogP contribution in [0.3, 0.4) is 0 Å². The van der Waals surface area contributed by atoms with Gasteiger partial charge in [0.1, 0.15) is 11.8 Å². The molecule has 7 nitrogen and oxygen atoms in total. The molecule has 1 atom stereocenters. The number of carbonyl (C=O) groups excluding carboxylic acids is 2. The number of alkyl halides is 1. The Morgan fingerprint density at radius 1 is 1.28 bits per heavy atom. The highest BCUT2D eigenvalue weighted by molar-refractivity contribution is 7.79. The topological polar surface area (TPSA) is 78.7 Å². The maximum absolute atomic E-state index is 13.6. The maximum atomic E-state index is 13.6. The number of urea groups is 1. The van der Waals surface area contributed by atoms with Crippen LogP contribution < -0.4 is 10.2 Å². The fourth-order valence-corrected chi connectivity index (χ4v) is 3.43. The van der Waals surface area contributed by atoms with Gasteiger partial charge in [-0.1, -0.05) is 12.8 Å². The summed E-state index contributed by atoms with van der Waals surface area (Å²) in [7, 11) is 0. The van der Waals surface area contributed by atoms with E-state index in [1.54, 1.807) is 30.6 Å². The number of fused-ring (bicyclic) bond motifs is 1. The number of thiol groups is 1. The first-order chi connectivity index (χ1) is 14.0. The van der Waals surface area contributed by atoms with Gasteiger partial charge in [-0.3, -0.25) is 9.78 Å². The van der Waals surface area contributed by atoms with Gasteiger partial charge in [-0.2, -0.15) is 0 Å². The quantitative estimate of drug-likeness (QED) is 0.626. The molecule has 4 rings (SSSR count). The SMILES string of the molecule is O=C(Nc1ccc(N2CCCC(F)C2)cc1)N(S)C(=O)c1cc2cnccc2o1. The Kier molecular flexibility index (Phi) is 5.39. The predicted molar refractivity (Wildman–Crippen MR) is 111 cm³/mol. The third-order valence-corrected chi connectivity index (χ3v) is 5.12. The van der Waals surface area contributed by atoms with Crippen molar-refractivity contribution in [1.29, 1.82) is 0 Å². The lowest BCUT2D eigenvalue weighted by atomic mass is 10.1. The predicted octanol–water partition coefficient (Wildman–Crippen LogP) is 4.29. The van der Waals surface area contributed by atoms with Crippen LogP contribution in [-0.2, 0) is 0 Å². The van der Waals surface area contributed by atoms with Crippen molar-refractivity contribution in [2.45, 2.75) is 19.0 Å². The summed E-state index contributed by atoms with van der Waals surface area (Å²) < 4.78 is 19.7. The standard InChI is InChI=1S/C20H19FN4O3S/c21-14-2-1-9-24(12-14)16-5-3-15(4-6-16)23-20(27)25(29)19(26)18-10-13-11-22-8-7-17(13)28-18/h3-8,10-11,14,29H,1-2,9,12H2,(H,23,27). The van der Waals surface area contributed by atoms with E-state index in [-0.39, 0.29) is 5.76 Å². The lowest BCUT2D eigenvalue weighted by molar-refractivity contribution is 0.0875. The number of furan rings is 1. The number of anilines is 2. The Bertz CT molecular complexity index is 1010. The average molecular weight is 414 g/mol. The summed E-state index contributed by atoms with van der Waals surface area (Å²) in [6.07, 6.45) is 3.70. The van der Waals surface area contributed by atoms with Crippen molar-refractivity contribution < 1.29 is 18.4 Å². The van der Waals surface area contributed by atoms with Crippen LogP contribution in [-0.4, -0.2) is 40.5 Å². The number of amides is 3. The first-order valence-electron chi connectivity index (χ1n) is 9.18. The summed E-state index contributed by atoms with van der Waals surface area (Å²) in [4.78, 5) is 30.8. The van der Waals surface area contributed by atoms with Crippen LogP contribution in [0.4, 0.5) is 20.6 Å². The molecule has 0 spiro atoms. The van der Waals surface area contributed by atoms with Crippen LogP contribution in [0.15, 0.2) is 53.2 Å². The minimum Gasteiger partial charge on any atom is -0.451 e. The number of hydrogen-bond acceptors (Lipinski definition) is 6. The number of nitrogens with one attached hydrogen (secondary N) is 1. The number of pyridine rings is 1. The van der Waals surface area contributed by atoms with Gasteiger partial charge in [0.25, 0.3) is 0 Å². The van der Waals surface area contributed by atoms with Gasteiger partial charge in [-0.05, 0) is 49.2 Å². The Morgan fingerprint density at radius 2 is 2.07 bits per heavy atom. The van der Waals surface area contributed by atoms with E-state index in [4.69, 9.17) is 4.42 Å². The van der Waals surface area contributed by atoms with Crippen molar-refractivity contribution in [3.05, 3.63) is 54.6 Å². The molecule has 1 N–H and O–H groups in total. The zero-order valence-corrected chi connectivity index (χ0v) is 16.3. The smallest absolute Gasteiger partial charge is 0.339 e. The molecule has 0 aliphatic carbocycles. The molecule has 1 saturated heterocycles. The van der Waals surface area contributed by atoms with Gasteiger partial charge < -0.3 is 14.6 Å². The van der Waals surface area contributed by atoms with Gasteiger partial charge in [-0.15, -0.1) is 0 Å². The molecule has 1 aromatic carbocycles. The fourth-order valence-electron chi connectivity index (χ4n) is 3.28. The molecular weight excluding hydrogens is 395 g/mol. The molecule has 150 valence electrons. The highest BCUT2D eigenvalue weighted by atomic mass is 32.1. The molecule has 3 amide bonds. The first-order valence-corrected chi connectivity index (χ1v) is 9.58. The Hall–Kier alpha value is -3.07. The lowest BCUT2D eigenvalue weighted by Crippen LogP contribution is -2.36. The zero-order valence-electron chi connectivity index (χ0n) is 15.4. The summed E-state index contributed by atoms with van der Waals surface area (Å²) in [6.45, 7) is 1.18. The molecule has 1 fully saturated rings. The number of aromatic nitrogens is 1. The highest BCUT2D eigenvalue weighted by Crippen LogP contribution is 2.24. The van der Waals surface area contributed by atoms with Crippen LogP contribution in [0.2, 0.25) is 0 Å². The number of hydrogen-bond donors (Lipinski definition) is 2. The van der Waals surface area contributed by atoms with Crippen molar-refractivity contribution >= 4 is 47.1 Å². The molecule has 0 radical (unpaired) electrons. The van der Waals surface area contributed by atoms with Crippen LogP contribution in [0, 0.1) is 0 Å². The van der Waals surface area contributed by atoms with Gasteiger partial charge in [0.05, 0.1) is 0 Å². The molecule has 2 aromatic heterocycles. The monoisotopic (exact) mass is 414 g/mol. The molecule has 1 aliphatic heterocycles. The molecule has 3 heterocycles. The molecule has 0 bridgehead atoms. The van der Waals surface area contributed by atoms with E-state index in [1.807, 2.05) is 17.0 Å². The van der Waals surface area contributed by atoms with E-state index < -0.39 is 18.1 Å². The Labute approximate surface area is 172 Å². The fraction of sp³-hybridized carbons (Fsp3) is 0.250. The van der Waals surface area contributed by atoms with Crippen molar-refractivity contribution in [2.24, 2.45) is 0 Å². The molecule has 3 aromatic rings. The normalized spacial score (nSPS) is 16.6. The largest absolute Gasteiger partial charge is 0.451 e. The van der Waals surface area contributed by atoms with Gasteiger partial charge >= 0.3 is 11.9 Å². The number of carbonyl (C=O) groups is 2. The number of halogens is 1. The number of imide groups is 1. The second-order valence-corrected chi connectivity index (χ2v) is 7.20. The van der Waals surface area contributed by atoms with E-state index in [0.717, 1.165) is 18.7 Å². The molecule has 1 unspecified atom stereocenters. The second kappa shape index (κ2) is 8.12. The highest BCUT2D eigenvalue weighted by Gasteiger charge is 2.24. The third-order valence-electron chi connectivity index (χ3n) is 4.76. The molecule has 1 aliphatic rings. The van der Waals surface area contributed by atoms with Crippen molar-refractivity contribution in [3.8, 4) is 0 Å². The van der Waals surface area contributed by atoms with Gasteiger partial charge in [0.15, 0.2) is 5.76 Å². The zero-order chi connectivity index (χ0) is 20.4. The average Bonchev–Trinajstić information content (AvgIpc) is 3.17. The lowest BCUT2D eigenvalue weighted by Gasteiger charge is -2.31. The van der Waals surface area contributed by atoms with Crippen LogP contribution in [0.25, 0.3) is 11.0 Å². The van der Waals surface area contributed by atoms with Crippen molar-refractivity contribution in [2.75, 3.05) is 23.3 Å². The molecule has 0 saturated carbocycles. The summed E-state index contributed by atoms with van der Waals surface area (Å²) in [5.41, 5.74) is 1.88. The molecular formula is C20H19FN4O3S. The van der Waals surface area contributed by atoms with Crippen molar-refractivity contribution in [1.82, 2.24) is 9.29 Å². The first kappa shape index (κ1) is 19.3. The summed E-state index contributed by atoms with van der Waals surface area (Å²) in [6, 6.07) is 9.44. The van der Waals surface area contributed by atoms with Gasteiger partial charge in [0.2, 0.25) is 0 Å². The minimum atomic E-state index is -0.819. The van der Waals surface area contributed by atoms with E-state index in [1.165, 1.54) is 6.07 Å². The summed E-state index contributed by atoms with van der Waals surface area (Å²) in [5.74, 6) is -0.708. The minimum absolute atomic E-state index is 0.0145. The van der Waals surface area contributed by atoms with Crippen LogP contribution in [0.5, 0.6) is 0 Å². The number of rotatable bonds is 3. The van der Waals surface area contributed by atoms with Crippen molar-refractivity contribution in [3.63, 3.8) is 0 Å². The van der Waals surface area contributed by atoms with Gasteiger partial charge in [0, 0.05) is 42.2 Å². The summed E-state index contributed by atoms with van der Waals surface area (Å²) in [5, 5.41) is 3.26. The number of nitrogens with zero attached hydrogens (tertiary/aromatic N) is 3. The number of piperidine rings is 1. The molecule has 29 heavy (non-hydrogen) atoms. The Morgan fingerprint density at radius 3 is 2.79 bits per heavy atom. The van der Waals surface area contributed by atoms with E-state index in [0.29, 0.717) is 33.9 Å². The van der Waals surface area contributed by atoms with E-state index >= 15 is 0 Å². The van der Waals surface area contributed by atoms with E-state index in [2.05, 4.69) is 23.1 Å². The van der Waals surface area contributed by atoms with Crippen LogP contribution in [0.1, 0.15) is 23.4 Å². The number of benzene rings is 1. The molecule has 9 heteroatoms. The second-order valence-electron chi connectivity index (χ2n) is 6.80.